The van der Waals surface area contributed by atoms with Crippen molar-refractivity contribution < 1.29 is 19.0 Å². The number of aromatic nitrogens is 4. The van der Waals surface area contributed by atoms with Gasteiger partial charge >= 0.3 is 5.97 Å². The molecule has 9 heteroatoms. The topological polar surface area (TPSA) is 100 Å². The van der Waals surface area contributed by atoms with Gasteiger partial charge in [-0.05, 0) is 73.2 Å². The second kappa shape index (κ2) is 10.8. The Labute approximate surface area is 210 Å². The van der Waals surface area contributed by atoms with E-state index in [1.165, 1.54) is 6.42 Å². The van der Waals surface area contributed by atoms with Crippen molar-refractivity contribution in [3.63, 3.8) is 0 Å². The predicted molar refractivity (Wildman–Crippen MR) is 134 cm³/mol. The number of esters is 1. The molecule has 0 amide bonds. The van der Waals surface area contributed by atoms with E-state index in [9.17, 15) is 4.79 Å². The van der Waals surface area contributed by atoms with Crippen molar-refractivity contribution >= 4 is 11.9 Å². The van der Waals surface area contributed by atoms with Crippen LogP contribution in [0.4, 0.5) is 5.95 Å². The third-order valence-electron chi connectivity index (χ3n) is 6.58. The van der Waals surface area contributed by atoms with Crippen LogP contribution >= 0.6 is 0 Å². The Morgan fingerprint density at radius 1 is 1.06 bits per heavy atom. The lowest BCUT2D eigenvalue weighted by Crippen LogP contribution is -2.32. The molecule has 3 aromatic rings. The molecule has 0 bridgehead atoms. The monoisotopic (exact) mass is 489 g/mol. The Morgan fingerprint density at radius 2 is 1.86 bits per heavy atom. The van der Waals surface area contributed by atoms with Gasteiger partial charge in [-0.1, -0.05) is 47.9 Å². The second-order valence-electron chi connectivity index (χ2n) is 9.09. The molecule has 0 radical (unpaired) electrons. The van der Waals surface area contributed by atoms with Crippen LogP contribution in [0.1, 0.15) is 63.1 Å². The van der Waals surface area contributed by atoms with Crippen molar-refractivity contribution in [1.82, 2.24) is 20.2 Å². The summed E-state index contributed by atoms with van der Waals surface area (Å²) >= 11 is 0. The van der Waals surface area contributed by atoms with Crippen molar-refractivity contribution in [2.24, 2.45) is 0 Å². The molecule has 2 aromatic carbocycles. The molecule has 1 fully saturated rings. The number of rotatable bonds is 8. The van der Waals surface area contributed by atoms with Crippen molar-refractivity contribution in [1.29, 1.82) is 0 Å². The second-order valence-corrected chi connectivity index (χ2v) is 9.09. The zero-order valence-corrected chi connectivity index (χ0v) is 20.6. The highest BCUT2D eigenvalue weighted by atomic mass is 16.5. The Morgan fingerprint density at radius 3 is 2.64 bits per heavy atom. The van der Waals surface area contributed by atoms with Gasteiger partial charge in [0.1, 0.15) is 18.8 Å². The SMILES string of the molecule is CCOc1cc(C2C(C(=O)OC3CCCCC3)=C(C)Nc3nnnn32)ccc1OCc1ccccc1. The molecule has 1 aliphatic heterocycles. The van der Waals surface area contributed by atoms with Crippen LogP contribution in [0.2, 0.25) is 0 Å². The highest BCUT2D eigenvalue weighted by molar-refractivity contribution is 5.92. The minimum absolute atomic E-state index is 0.0600. The van der Waals surface area contributed by atoms with Crippen molar-refractivity contribution in [3.05, 3.63) is 70.9 Å². The van der Waals surface area contributed by atoms with Crippen LogP contribution in [0.5, 0.6) is 11.5 Å². The average molecular weight is 490 g/mol. The maximum Gasteiger partial charge on any atom is 0.338 e. The van der Waals surface area contributed by atoms with Gasteiger partial charge in [0.15, 0.2) is 11.5 Å². The maximum atomic E-state index is 13.5. The quantitative estimate of drug-likeness (QED) is 0.450. The highest BCUT2D eigenvalue weighted by Crippen LogP contribution is 2.39. The van der Waals surface area contributed by atoms with E-state index in [4.69, 9.17) is 14.2 Å². The summed E-state index contributed by atoms with van der Waals surface area (Å²) in [4.78, 5) is 13.5. The van der Waals surface area contributed by atoms with E-state index in [0.717, 1.165) is 36.8 Å². The number of carbonyl (C=O) groups excluding carboxylic acids is 1. The van der Waals surface area contributed by atoms with Gasteiger partial charge in [0, 0.05) is 5.70 Å². The fourth-order valence-corrected chi connectivity index (χ4v) is 4.80. The third kappa shape index (κ3) is 5.05. The molecule has 9 nitrogen and oxygen atoms in total. The van der Waals surface area contributed by atoms with Crippen molar-refractivity contribution in [2.45, 2.75) is 64.7 Å². The first-order valence-electron chi connectivity index (χ1n) is 12.5. The number of nitrogens with zero attached hydrogens (tertiary/aromatic N) is 4. The minimum Gasteiger partial charge on any atom is -0.490 e. The van der Waals surface area contributed by atoms with E-state index in [1.54, 1.807) is 4.68 Å². The highest BCUT2D eigenvalue weighted by Gasteiger charge is 2.36. The van der Waals surface area contributed by atoms with Gasteiger partial charge in [-0.2, -0.15) is 4.68 Å². The Bertz CT molecular complexity index is 1230. The molecule has 188 valence electrons. The smallest absolute Gasteiger partial charge is 0.338 e. The van der Waals surface area contributed by atoms with Gasteiger partial charge < -0.3 is 19.5 Å². The molecule has 2 heterocycles. The first kappa shape index (κ1) is 23.8. The zero-order chi connectivity index (χ0) is 24.9. The summed E-state index contributed by atoms with van der Waals surface area (Å²) in [5.74, 6) is 1.34. The maximum absolute atomic E-state index is 13.5. The number of carbonyl (C=O) groups is 1. The predicted octanol–water partition coefficient (Wildman–Crippen LogP) is 4.82. The number of benzene rings is 2. The van der Waals surface area contributed by atoms with E-state index >= 15 is 0 Å². The molecule has 0 saturated heterocycles. The number of nitrogens with one attached hydrogen (secondary N) is 1. The van der Waals surface area contributed by atoms with Crippen LogP contribution in [-0.2, 0) is 16.1 Å². The summed E-state index contributed by atoms with van der Waals surface area (Å²) in [6.07, 6.45) is 5.08. The van der Waals surface area contributed by atoms with Gasteiger partial charge in [0.05, 0.1) is 12.2 Å². The minimum atomic E-state index is -0.560. The fraction of sp³-hybridized carbons (Fsp3) is 0.407. The molecule has 0 spiro atoms. The number of anilines is 1. The van der Waals surface area contributed by atoms with E-state index in [1.807, 2.05) is 62.4 Å². The van der Waals surface area contributed by atoms with Crippen LogP contribution in [0.3, 0.4) is 0 Å². The van der Waals surface area contributed by atoms with E-state index in [2.05, 4.69) is 20.8 Å². The molecule has 36 heavy (non-hydrogen) atoms. The molecule has 1 unspecified atom stereocenters. The van der Waals surface area contributed by atoms with Gasteiger partial charge in [0.25, 0.3) is 0 Å². The summed E-state index contributed by atoms with van der Waals surface area (Å²) in [5, 5.41) is 15.2. The molecular formula is C27H31N5O4. The number of tetrazole rings is 1. The molecule has 1 N–H and O–H groups in total. The Balaban J connectivity index is 1.46. The fourth-order valence-electron chi connectivity index (χ4n) is 4.80. The Hall–Kier alpha value is -3.88. The first-order chi connectivity index (χ1) is 17.6. The first-order valence-corrected chi connectivity index (χ1v) is 12.5. The van der Waals surface area contributed by atoms with Crippen molar-refractivity contribution in [2.75, 3.05) is 11.9 Å². The largest absolute Gasteiger partial charge is 0.490 e. The molecule has 5 rings (SSSR count). The lowest BCUT2D eigenvalue weighted by Gasteiger charge is -2.30. The van der Waals surface area contributed by atoms with Crippen LogP contribution in [0, 0.1) is 0 Å². The number of allylic oxidation sites excluding steroid dienone is 1. The normalized spacial score (nSPS) is 17.8. The Kier molecular flexibility index (Phi) is 7.16. The number of hydrogen-bond donors (Lipinski definition) is 1. The number of ether oxygens (including phenoxy) is 3. The van der Waals surface area contributed by atoms with Crippen LogP contribution in [-0.4, -0.2) is 38.9 Å². The summed E-state index contributed by atoms with van der Waals surface area (Å²) in [6.45, 7) is 4.67. The third-order valence-corrected chi connectivity index (χ3v) is 6.58. The van der Waals surface area contributed by atoms with E-state index in [0.29, 0.717) is 41.9 Å². The number of fused-ring (bicyclic) bond motifs is 1. The van der Waals surface area contributed by atoms with Gasteiger partial charge in [-0.3, -0.25) is 0 Å². The summed E-state index contributed by atoms with van der Waals surface area (Å²) < 4.78 is 19.6. The van der Waals surface area contributed by atoms with Crippen LogP contribution in [0.15, 0.2) is 59.8 Å². The standard InChI is InChI=1S/C27H31N5O4/c1-3-34-23-16-20(14-15-22(23)35-17-19-10-6-4-7-11-19)25-24(18(2)28-27-29-30-31-32(25)27)26(33)36-21-12-8-5-9-13-21/h4,6-7,10-11,14-16,21,25H,3,5,8-9,12-13,17H2,1-2H3,(H,28,29,31). The van der Waals surface area contributed by atoms with Crippen LogP contribution < -0.4 is 14.8 Å². The molecule has 1 atom stereocenters. The number of hydrogen-bond acceptors (Lipinski definition) is 8. The summed E-state index contributed by atoms with van der Waals surface area (Å²) in [6, 6.07) is 15.1. The lowest BCUT2D eigenvalue weighted by molar-refractivity contribution is -0.146. The molecule has 1 aromatic heterocycles. The van der Waals surface area contributed by atoms with E-state index in [-0.39, 0.29) is 12.1 Å². The van der Waals surface area contributed by atoms with Gasteiger partial charge in [0.2, 0.25) is 5.95 Å². The summed E-state index contributed by atoms with van der Waals surface area (Å²) in [7, 11) is 0. The average Bonchev–Trinajstić information content (AvgIpc) is 3.36. The lowest BCUT2D eigenvalue weighted by atomic mass is 9.94. The molecule has 1 saturated carbocycles. The molecule has 1 aliphatic carbocycles. The van der Waals surface area contributed by atoms with Crippen molar-refractivity contribution in [3.8, 4) is 11.5 Å². The van der Waals surface area contributed by atoms with E-state index < -0.39 is 6.04 Å². The van der Waals surface area contributed by atoms with Gasteiger partial charge in [-0.25, -0.2) is 4.79 Å². The van der Waals surface area contributed by atoms with Gasteiger partial charge in [-0.15, -0.1) is 0 Å². The van der Waals surface area contributed by atoms with Crippen LogP contribution in [0.25, 0.3) is 0 Å². The summed E-state index contributed by atoms with van der Waals surface area (Å²) in [5.41, 5.74) is 3.02. The molecule has 2 aliphatic rings. The molecular weight excluding hydrogens is 458 g/mol. The zero-order valence-electron chi connectivity index (χ0n) is 20.6.